The standard InChI is InChI=1S/C16H19NO5/c1-16(2,3)22-15(19)17-13(14(18)20-4)12-9-10-7-5-6-8-11(10)21-12/h5-9,13H,1-4H3,(H,17,19)/t13-/m1/s1. The Hall–Kier alpha value is -2.50. The summed E-state index contributed by atoms with van der Waals surface area (Å²) in [6.45, 7) is 5.21. The van der Waals surface area contributed by atoms with Crippen molar-refractivity contribution in [2.24, 2.45) is 0 Å². The summed E-state index contributed by atoms with van der Waals surface area (Å²) < 4.78 is 15.5. The first-order valence-corrected chi connectivity index (χ1v) is 6.86. The first-order valence-electron chi connectivity index (χ1n) is 6.86. The van der Waals surface area contributed by atoms with E-state index in [1.54, 1.807) is 32.9 Å². The molecule has 6 heteroatoms. The SMILES string of the molecule is COC(=O)[C@H](NC(=O)OC(C)(C)C)c1cc2ccccc2o1. The van der Waals surface area contributed by atoms with Crippen LogP contribution < -0.4 is 5.32 Å². The molecule has 22 heavy (non-hydrogen) atoms. The second-order valence-corrected chi connectivity index (χ2v) is 5.79. The highest BCUT2D eigenvalue weighted by Gasteiger charge is 2.29. The molecule has 1 aromatic heterocycles. The zero-order chi connectivity index (χ0) is 16.3. The van der Waals surface area contributed by atoms with Gasteiger partial charge in [-0.3, -0.25) is 0 Å². The molecular formula is C16H19NO5. The predicted octanol–water partition coefficient (Wildman–Crippen LogP) is 3.17. The third kappa shape index (κ3) is 3.78. The van der Waals surface area contributed by atoms with Gasteiger partial charge >= 0.3 is 12.1 Å². The number of fused-ring (bicyclic) bond motifs is 1. The molecule has 1 N–H and O–H groups in total. The van der Waals surface area contributed by atoms with Crippen molar-refractivity contribution in [1.82, 2.24) is 5.32 Å². The van der Waals surface area contributed by atoms with E-state index >= 15 is 0 Å². The summed E-state index contributed by atoms with van der Waals surface area (Å²) in [5, 5.41) is 3.30. The number of carbonyl (C=O) groups is 2. The molecule has 118 valence electrons. The van der Waals surface area contributed by atoms with Crippen LogP contribution in [0, 0.1) is 0 Å². The van der Waals surface area contributed by atoms with Gasteiger partial charge < -0.3 is 19.2 Å². The second-order valence-electron chi connectivity index (χ2n) is 5.79. The van der Waals surface area contributed by atoms with Gasteiger partial charge in [-0.15, -0.1) is 0 Å². The van der Waals surface area contributed by atoms with E-state index in [1.165, 1.54) is 7.11 Å². The van der Waals surface area contributed by atoms with Crippen LogP contribution in [0.2, 0.25) is 0 Å². The number of hydrogen-bond acceptors (Lipinski definition) is 5. The van der Waals surface area contributed by atoms with Crippen molar-refractivity contribution in [1.29, 1.82) is 0 Å². The maximum atomic E-state index is 11.9. The van der Waals surface area contributed by atoms with Crippen molar-refractivity contribution in [2.75, 3.05) is 7.11 Å². The number of alkyl carbamates (subject to hydrolysis) is 1. The number of carbonyl (C=O) groups excluding carboxylic acids is 2. The average Bonchev–Trinajstić information content (AvgIpc) is 2.85. The topological polar surface area (TPSA) is 77.8 Å². The molecule has 0 radical (unpaired) electrons. The lowest BCUT2D eigenvalue weighted by atomic mass is 10.2. The fraction of sp³-hybridized carbons (Fsp3) is 0.375. The first kappa shape index (κ1) is 15.9. The molecule has 0 saturated heterocycles. The van der Waals surface area contributed by atoms with Gasteiger partial charge in [0.15, 0.2) is 6.04 Å². The summed E-state index contributed by atoms with van der Waals surface area (Å²) in [5.41, 5.74) is -0.0454. The van der Waals surface area contributed by atoms with Crippen LogP contribution in [0.5, 0.6) is 0 Å². The third-order valence-electron chi connectivity index (χ3n) is 2.83. The summed E-state index contributed by atoms with van der Waals surface area (Å²) in [7, 11) is 1.24. The zero-order valence-electron chi connectivity index (χ0n) is 13.0. The molecule has 1 heterocycles. The van der Waals surface area contributed by atoms with Gasteiger partial charge in [-0.1, -0.05) is 18.2 Å². The lowest BCUT2D eigenvalue weighted by Crippen LogP contribution is -2.38. The average molecular weight is 305 g/mol. The number of nitrogens with one attached hydrogen (secondary N) is 1. The highest BCUT2D eigenvalue weighted by molar-refractivity contribution is 5.85. The van der Waals surface area contributed by atoms with E-state index in [0.717, 1.165) is 5.39 Å². The van der Waals surface area contributed by atoms with Gasteiger partial charge in [-0.05, 0) is 32.9 Å². The Kier molecular flexibility index (Phi) is 4.40. The Morgan fingerprint density at radius 1 is 1.23 bits per heavy atom. The van der Waals surface area contributed by atoms with Crippen LogP contribution in [0.25, 0.3) is 11.0 Å². The monoisotopic (exact) mass is 305 g/mol. The molecule has 0 aliphatic rings. The van der Waals surface area contributed by atoms with Crippen LogP contribution in [0.15, 0.2) is 34.7 Å². The number of esters is 1. The molecule has 2 aromatic rings. The Labute approximate surface area is 128 Å². The third-order valence-corrected chi connectivity index (χ3v) is 2.83. The molecular weight excluding hydrogens is 286 g/mol. The maximum absolute atomic E-state index is 11.9. The van der Waals surface area contributed by atoms with Crippen molar-refractivity contribution in [3.63, 3.8) is 0 Å². The molecule has 0 unspecified atom stereocenters. The zero-order valence-corrected chi connectivity index (χ0v) is 13.0. The Morgan fingerprint density at radius 2 is 1.91 bits per heavy atom. The van der Waals surface area contributed by atoms with Crippen LogP contribution in [-0.2, 0) is 14.3 Å². The number of para-hydroxylation sites is 1. The quantitative estimate of drug-likeness (QED) is 0.881. The summed E-state index contributed by atoms with van der Waals surface area (Å²) in [4.78, 5) is 23.8. The van der Waals surface area contributed by atoms with Gasteiger partial charge in [0.2, 0.25) is 0 Å². The molecule has 0 aliphatic heterocycles. The Morgan fingerprint density at radius 3 is 2.50 bits per heavy atom. The number of amides is 1. The second kappa shape index (κ2) is 6.09. The van der Waals surface area contributed by atoms with Gasteiger partial charge in [-0.25, -0.2) is 9.59 Å². The van der Waals surface area contributed by atoms with E-state index in [2.05, 4.69) is 5.32 Å². The lowest BCUT2D eigenvalue weighted by Gasteiger charge is -2.21. The normalized spacial score (nSPS) is 12.7. The number of ether oxygens (including phenoxy) is 2. The number of hydrogen-bond donors (Lipinski definition) is 1. The fourth-order valence-corrected chi connectivity index (χ4v) is 1.93. The Bertz CT molecular complexity index is 650. The van der Waals surface area contributed by atoms with Crippen LogP contribution in [0.3, 0.4) is 0 Å². The van der Waals surface area contributed by atoms with Crippen molar-refractivity contribution in [3.8, 4) is 0 Å². The molecule has 0 bridgehead atoms. The highest BCUT2D eigenvalue weighted by atomic mass is 16.6. The van der Waals surface area contributed by atoms with Crippen LogP contribution in [0.1, 0.15) is 32.6 Å². The minimum absolute atomic E-state index is 0.291. The van der Waals surface area contributed by atoms with Gasteiger partial charge in [0.05, 0.1) is 7.11 Å². The largest absolute Gasteiger partial charge is 0.467 e. The molecule has 1 atom stereocenters. The van der Waals surface area contributed by atoms with Crippen molar-refractivity contribution >= 4 is 23.0 Å². The van der Waals surface area contributed by atoms with E-state index in [1.807, 2.05) is 18.2 Å². The smallest absolute Gasteiger partial charge is 0.408 e. The van der Waals surface area contributed by atoms with Gasteiger partial charge in [0.25, 0.3) is 0 Å². The Balaban J connectivity index is 2.26. The summed E-state index contributed by atoms with van der Waals surface area (Å²) >= 11 is 0. The summed E-state index contributed by atoms with van der Waals surface area (Å²) in [5.74, 6) is -0.344. The van der Waals surface area contributed by atoms with Gasteiger partial charge in [0, 0.05) is 5.39 Å². The molecule has 0 aliphatic carbocycles. The minimum Gasteiger partial charge on any atom is -0.467 e. The first-order chi connectivity index (χ1) is 10.3. The van der Waals surface area contributed by atoms with E-state index in [-0.39, 0.29) is 0 Å². The summed E-state index contributed by atoms with van der Waals surface area (Å²) in [6.07, 6.45) is -0.719. The maximum Gasteiger partial charge on any atom is 0.408 e. The molecule has 0 saturated carbocycles. The highest BCUT2D eigenvalue weighted by Crippen LogP contribution is 2.25. The summed E-state index contributed by atoms with van der Waals surface area (Å²) in [6, 6.07) is 7.94. The van der Waals surface area contributed by atoms with E-state index in [9.17, 15) is 9.59 Å². The van der Waals surface area contributed by atoms with Crippen molar-refractivity contribution in [3.05, 3.63) is 36.1 Å². The van der Waals surface area contributed by atoms with E-state index in [4.69, 9.17) is 13.9 Å². The van der Waals surface area contributed by atoms with Crippen LogP contribution in [-0.4, -0.2) is 24.8 Å². The molecule has 1 aromatic carbocycles. The molecule has 2 rings (SSSR count). The predicted molar refractivity (Wildman–Crippen MR) is 80.3 cm³/mol. The lowest BCUT2D eigenvalue weighted by molar-refractivity contribution is -0.143. The molecule has 1 amide bonds. The molecule has 0 spiro atoms. The van der Waals surface area contributed by atoms with E-state index < -0.39 is 23.7 Å². The van der Waals surface area contributed by atoms with Crippen molar-refractivity contribution < 1.29 is 23.5 Å². The number of furan rings is 1. The number of benzene rings is 1. The van der Waals surface area contributed by atoms with Gasteiger partial charge in [0.1, 0.15) is 16.9 Å². The van der Waals surface area contributed by atoms with Gasteiger partial charge in [-0.2, -0.15) is 0 Å². The van der Waals surface area contributed by atoms with Crippen molar-refractivity contribution in [2.45, 2.75) is 32.4 Å². The number of rotatable bonds is 3. The molecule has 0 fully saturated rings. The fourth-order valence-electron chi connectivity index (χ4n) is 1.93. The van der Waals surface area contributed by atoms with Crippen LogP contribution in [0.4, 0.5) is 4.79 Å². The van der Waals surface area contributed by atoms with E-state index in [0.29, 0.717) is 11.3 Å². The minimum atomic E-state index is -1.06. The molecule has 6 nitrogen and oxygen atoms in total. The van der Waals surface area contributed by atoms with Crippen LogP contribution >= 0.6 is 0 Å². The number of methoxy groups -OCH3 is 1.